The molecule has 0 aliphatic heterocycles. The van der Waals surface area contributed by atoms with E-state index >= 15 is 0 Å². The summed E-state index contributed by atoms with van der Waals surface area (Å²) in [4.78, 5) is 11.5. The Morgan fingerprint density at radius 1 is 1.22 bits per heavy atom. The average molecular weight is 254 g/mol. The van der Waals surface area contributed by atoms with E-state index in [1.54, 1.807) is 26.0 Å². The van der Waals surface area contributed by atoms with Gasteiger partial charge < -0.3 is 19.9 Å². The lowest BCUT2D eigenvalue weighted by molar-refractivity contribution is 0.130. The predicted octanol–water partition coefficient (Wildman–Crippen LogP) is 2.24. The van der Waals surface area contributed by atoms with Crippen LogP contribution in [0.3, 0.4) is 0 Å². The van der Waals surface area contributed by atoms with Crippen LogP contribution in [0.1, 0.15) is 13.8 Å². The highest BCUT2D eigenvalue weighted by molar-refractivity contribution is 5.90. The van der Waals surface area contributed by atoms with Crippen molar-refractivity contribution in [3.05, 3.63) is 12.1 Å². The molecule has 100 valence electrons. The Kier molecular flexibility index (Phi) is 4.65. The Morgan fingerprint density at radius 3 is 2.28 bits per heavy atom. The molecule has 0 aromatic heterocycles. The molecular weight excluding hydrogens is 236 g/mol. The van der Waals surface area contributed by atoms with Gasteiger partial charge in [0.25, 0.3) is 0 Å². The van der Waals surface area contributed by atoms with Crippen molar-refractivity contribution in [2.24, 2.45) is 0 Å². The predicted molar refractivity (Wildman–Crippen MR) is 69.2 cm³/mol. The van der Waals surface area contributed by atoms with Crippen LogP contribution in [0.4, 0.5) is 16.2 Å². The monoisotopic (exact) mass is 254 g/mol. The topological polar surface area (TPSA) is 82.8 Å². The maximum Gasteiger partial charge on any atom is 0.411 e. The van der Waals surface area contributed by atoms with Crippen LogP contribution in [0.25, 0.3) is 0 Å². The smallest absolute Gasteiger partial charge is 0.411 e. The Bertz CT molecular complexity index is 432. The highest BCUT2D eigenvalue weighted by atomic mass is 16.6. The third-order valence-corrected chi connectivity index (χ3v) is 2.14. The normalized spacial score (nSPS) is 10.1. The van der Waals surface area contributed by atoms with Gasteiger partial charge in [0.15, 0.2) is 11.5 Å². The van der Waals surface area contributed by atoms with Crippen LogP contribution < -0.4 is 20.5 Å². The van der Waals surface area contributed by atoms with E-state index in [-0.39, 0.29) is 6.10 Å². The maximum absolute atomic E-state index is 11.5. The molecule has 0 fully saturated rings. The minimum atomic E-state index is -0.566. The minimum absolute atomic E-state index is 0.202. The van der Waals surface area contributed by atoms with E-state index in [4.69, 9.17) is 19.9 Å². The zero-order valence-electron chi connectivity index (χ0n) is 10.9. The lowest BCUT2D eigenvalue weighted by Crippen LogP contribution is -2.18. The molecule has 3 N–H and O–H groups in total. The number of methoxy groups -OCH3 is 2. The number of nitrogens with two attached hydrogens (primary N) is 1. The number of hydrogen-bond donors (Lipinski definition) is 2. The van der Waals surface area contributed by atoms with Crippen LogP contribution in [0.15, 0.2) is 12.1 Å². The second-order valence-electron chi connectivity index (χ2n) is 3.87. The van der Waals surface area contributed by atoms with Crippen molar-refractivity contribution < 1.29 is 19.0 Å². The second-order valence-corrected chi connectivity index (χ2v) is 3.87. The summed E-state index contributed by atoms with van der Waals surface area (Å²) in [6, 6.07) is 3.15. The number of benzene rings is 1. The van der Waals surface area contributed by atoms with Crippen LogP contribution in [0.5, 0.6) is 11.5 Å². The largest absolute Gasteiger partial charge is 0.493 e. The Hall–Kier alpha value is -2.11. The maximum atomic E-state index is 11.5. The third kappa shape index (κ3) is 3.44. The summed E-state index contributed by atoms with van der Waals surface area (Å²) in [5.74, 6) is 0.976. The van der Waals surface area contributed by atoms with Gasteiger partial charge >= 0.3 is 6.09 Å². The lowest BCUT2D eigenvalue weighted by Gasteiger charge is -2.14. The molecule has 1 aromatic carbocycles. The zero-order chi connectivity index (χ0) is 13.7. The van der Waals surface area contributed by atoms with E-state index in [1.165, 1.54) is 14.2 Å². The van der Waals surface area contributed by atoms with E-state index < -0.39 is 6.09 Å². The van der Waals surface area contributed by atoms with Crippen molar-refractivity contribution in [2.75, 3.05) is 25.3 Å². The van der Waals surface area contributed by atoms with Crippen molar-refractivity contribution in [1.29, 1.82) is 0 Å². The molecule has 0 saturated heterocycles. The van der Waals surface area contributed by atoms with Crippen molar-refractivity contribution in [3.8, 4) is 11.5 Å². The number of nitrogens with one attached hydrogen (secondary N) is 1. The molecule has 0 bridgehead atoms. The summed E-state index contributed by atoms with van der Waals surface area (Å²) >= 11 is 0. The fraction of sp³-hybridized carbons (Fsp3) is 0.417. The lowest BCUT2D eigenvalue weighted by atomic mass is 10.2. The van der Waals surface area contributed by atoms with Gasteiger partial charge in [-0.3, -0.25) is 5.32 Å². The molecule has 0 heterocycles. The van der Waals surface area contributed by atoms with Gasteiger partial charge in [-0.1, -0.05) is 0 Å². The molecule has 0 spiro atoms. The van der Waals surface area contributed by atoms with Gasteiger partial charge in [-0.15, -0.1) is 0 Å². The summed E-state index contributed by atoms with van der Waals surface area (Å²) < 4.78 is 15.2. The zero-order valence-corrected chi connectivity index (χ0v) is 10.9. The summed E-state index contributed by atoms with van der Waals surface area (Å²) in [5.41, 5.74) is 6.58. The molecule has 0 radical (unpaired) electrons. The summed E-state index contributed by atoms with van der Waals surface area (Å²) in [6.45, 7) is 3.52. The molecule has 1 aromatic rings. The van der Waals surface area contributed by atoms with Crippen molar-refractivity contribution in [1.82, 2.24) is 0 Å². The van der Waals surface area contributed by atoms with Crippen LogP contribution in [0, 0.1) is 0 Å². The van der Waals surface area contributed by atoms with Gasteiger partial charge in [0.1, 0.15) is 0 Å². The Labute approximate surface area is 106 Å². The average Bonchev–Trinajstić information content (AvgIpc) is 2.30. The van der Waals surface area contributed by atoms with Gasteiger partial charge in [-0.2, -0.15) is 0 Å². The first kappa shape index (κ1) is 14.0. The number of anilines is 2. The summed E-state index contributed by atoms with van der Waals surface area (Å²) in [6.07, 6.45) is -0.768. The molecule has 0 aliphatic carbocycles. The Morgan fingerprint density at radius 2 is 1.78 bits per heavy atom. The first-order chi connectivity index (χ1) is 8.47. The van der Waals surface area contributed by atoms with Crippen LogP contribution >= 0.6 is 0 Å². The molecule has 0 unspecified atom stereocenters. The molecule has 6 nitrogen and oxygen atoms in total. The number of carbonyl (C=O) groups is 1. The Balaban J connectivity index is 2.92. The van der Waals surface area contributed by atoms with Crippen molar-refractivity contribution in [2.45, 2.75) is 20.0 Å². The van der Waals surface area contributed by atoms with Gasteiger partial charge in [0.2, 0.25) is 0 Å². The SMILES string of the molecule is COc1cc(N)c(NC(=O)OC(C)C)cc1OC. The third-order valence-electron chi connectivity index (χ3n) is 2.14. The van der Waals surface area contributed by atoms with Gasteiger partial charge in [-0.05, 0) is 13.8 Å². The molecule has 1 amide bonds. The van der Waals surface area contributed by atoms with Gasteiger partial charge in [0, 0.05) is 12.1 Å². The molecule has 18 heavy (non-hydrogen) atoms. The molecule has 6 heteroatoms. The molecule has 0 atom stereocenters. The number of hydrogen-bond acceptors (Lipinski definition) is 5. The molecule has 0 saturated carbocycles. The standard InChI is InChI=1S/C12H18N2O4/c1-7(2)18-12(15)14-9-6-11(17-4)10(16-3)5-8(9)13/h5-7H,13H2,1-4H3,(H,14,15). The fourth-order valence-electron chi connectivity index (χ4n) is 1.36. The number of rotatable bonds is 4. The summed E-state index contributed by atoms with van der Waals surface area (Å²) in [7, 11) is 3.02. The highest BCUT2D eigenvalue weighted by Crippen LogP contribution is 2.34. The summed E-state index contributed by atoms with van der Waals surface area (Å²) in [5, 5.41) is 2.55. The van der Waals surface area contributed by atoms with Crippen molar-refractivity contribution in [3.63, 3.8) is 0 Å². The molecular formula is C12H18N2O4. The fourth-order valence-corrected chi connectivity index (χ4v) is 1.36. The van der Waals surface area contributed by atoms with E-state index in [2.05, 4.69) is 5.32 Å². The van der Waals surface area contributed by atoms with Gasteiger partial charge in [0.05, 0.1) is 31.7 Å². The van der Waals surface area contributed by atoms with Crippen molar-refractivity contribution >= 4 is 17.5 Å². The van der Waals surface area contributed by atoms with Gasteiger partial charge in [-0.25, -0.2) is 4.79 Å². The van der Waals surface area contributed by atoms with E-state index in [1.807, 2.05) is 0 Å². The van der Waals surface area contributed by atoms with Crippen LogP contribution in [-0.2, 0) is 4.74 Å². The molecule has 1 rings (SSSR count). The second kappa shape index (κ2) is 6.00. The first-order valence-corrected chi connectivity index (χ1v) is 5.47. The van der Waals surface area contributed by atoms with Crippen LogP contribution in [0.2, 0.25) is 0 Å². The van der Waals surface area contributed by atoms with E-state index in [9.17, 15) is 4.79 Å². The van der Waals surface area contributed by atoms with Crippen LogP contribution in [-0.4, -0.2) is 26.4 Å². The van der Waals surface area contributed by atoms with E-state index in [0.29, 0.717) is 22.9 Å². The number of carbonyl (C=O) groups excluding carboxylic acids is 1. The minimum Gasteiger partial charge on any atom is -0.493 e. The number of ether oxygens (including phenoxy) is 3. The quantitative estimate of drug-likeness (QED) is 0.805. The number of nitrogen functional groups attached to an aromatic ring is 1. The number of amides is 1. The first-order valence-electron chi connectivity index (χ1n) is 5.47. The molecule has 0 aliphatic rings. The van der Waals surface area contributed by atoms with E-state index in [0.717, 1.165) is 0 Å². The highest BCUT2D eigenvalue weighted by Gasteiger charge is 2.12.